The Morgan fingerprint density at radius 2 is 1.88 bits per heavy atom. The number of nitrogens with one attached hydrogen (secondary N) is 1. The molecular formula is C14H30N2. The van der Waals surface area contributed by atoms with E-state index in [-0.39, 0.29) is 0 Å². The van der Waals surface area contributed by atoms with Crippen molar-refractivity contribution < 1.29 is 0 Å². The van der Waals surface area contributed by atoms with Crippen molar-refractivity contribution in [3.05, 3.63) is 0 Å². The van der Waals surface area contributed by atoms with Gasteiger partial charge in [0.05, 0.1) is 0 Å². The van der Waals surface area contributed by atoms with Crippen molar-refractivity contribution in [2.75, 3.05) is 26.2 Å². The highest BCUT2D eigenvalue weighted by molar-refractivity contribution is 4.76. The first-order valence-electron chi connectivity index (χ1n) is 7.22. The van der Waals surface area contributed by atoms with Gasteiger partial charge >= 0.3 is 0 Å². The van der Waals surface area contributed by atoms with Gasteiger partial charge in [-0.3, -0.25) is 0 Å². The van der Waals surface area contributed by atoms with Gasteiger partial charge in [0, 0.05) is 6.04 Å². The summed E-state index contributed by atoms with van der Waals surface area (Å²) in [6.07, 6.45) is 6.76. The maximum atomic E-state index is 3.50. The second-order valence-electron chi connectivity index (χ2n) is 5.28. The monoisotopic (exact) mass is 226 g/mol. The van der Waals surface area contributed by atoms with Crippen molar-refractivity contribution in [2.45, 2.75) is 58.9 Å². The first-order valence-corrected chi connectivity index (χ1v) is 7.22. The van der Waals surface area contributed by atoms with Gasteiger partial charge < -0.3 is 10.2 Å². The van der Waals surface area contributed by atoms with E-state index in [1.165, 1.54) is 58.3 Å². The number of nitrogens with zero attached hydrogens (tertiary/aromatic N) is 1. The van der Waals surface area contributed by atoms with Gasteiger partial charge in [-0.25, -0.2) is 0 Å². The van der Waals surface area contributed by atoms with Crippen LogP contribution in [0.15, 0.2) is 0 Å². The minimum Gasteiger partial charge on any atom is -0.317 e. The van der Waals surface area contributed by atoms with Crippen molar-refractivity contribution in [2.24, 2.45) is 5.92 Å². The summed E-state index contributed by atoms with van der Waals surface area (Å²) >= 11 is 0. The Labute approximate surface area is 102 Å². The van der Waals surface area contributed by atoms with Crippen molar-refractivity contribution in [3.8, 4) is 0 Å². The zero-order chi connectivity index (χ0) is 11.8. The highest BCUT2D eigenvalue weighted by Crippen LogP contribution is 2.21. The molecule has 1 atom stereocenters. The molecule has 2 heteroatoms. The molecule has 0 aliphatic carbocycles. The third kappa shape index (κ3) is 4.84. The van der Waals surface area contributed by atoms with Crippen LogP contribution in [-0.4, -0.2) is 37.1 Å². The van der Waals surface area contributed by atoms with E-state index in [1.807, 2.05) is 0 Å². The maximum absolute atomic E-state index is 3.50. The van der Waals surface area contributed by atoms with Gasteiger partial charge in [-0.05, 0) is 64.7 Å². The van der Waals surface area contributed by atoms with Crippen LogP contribution < -0.4 is 5.32 Å². The minimum atomic E-state index is 0.766. The summed E-state index contributed by atoms with van der Waals surface area (Å²) in [4.78, 5) is 2.68. The van der Waals surface area contributed by atoms with E-state index in [4.69, 9.17) is 0 Å². The SMILES string of the molecule is CCCNCCC(C)N1CCC(CC)CC1. The molecule has 0 aromatic rings. The van der Waals surface area contributed by atoms with Crippen LogP contribution in [0.2, 0.25) is 0 Å². The summed E-state index contributed by atoms with van der Waals surface area (Å²) in [7, 11) is 0. The zero-order valence-corrected chi connectivity index (χ0v) is 11.5. The molecule has 0 amide bonds. The number of hydrogen-bond donors (Lipinski definition) is 1. The topological polar surface area (TPSA) is 15.3 Å². The molecule has 0 bridgehead atoms. The van der Waals surface area contributed by atoms with Crippen molar-refractivity contribution >= 4 is 0 Å². The number of piperidine rings is 1. The highest BCUT2D eigenvalue weighted by Gasteiger charge is 2.20. The predicted octanol–water partition coefficient (Wildman–Crippen LogP) is 2.89. The molecule has 96 valence electrons. The lowest BCUT2D eigenvalue weighted by molar-refractivity contribution is 0.133. The van der Waals surface area contributed by atoms with E-state index >= 15 is 0 Å². The molecule has 1 fully saturated rings. The van der Waals surface area contributed by atoms with Gasteiger partial charge in [0.25, 0.3) is 0 Å². The molecule has 1 saturated heterocycles. The Bertz CT molecular complexity index is 162. The molecule has 1 N–H and O–H groups in total. The largest absolute Gasteiger partial charge is 0.317 e. The molecule has 1 unspecified atom stereocenters. The Morgan fingerprint density at radius 1 is 1.19 bits per heavy atom. The highest BCUT2D eigenvalue weighted by atomic mass is 15.2. The fraction of sp³-hybridized carbons (Fsp3) is 1.00. The average molecular weight is 226 g/mol. The lowest BCUT2D eigenvalue weighted by Gasteiger charge is -2.35. The van der Waals surface area contributed by atoms with E-state index in [2.05, 4.69) is 31.0 Å². The molecule has 0 aromatic heterocycles. The molecule has 2 nitrogen and oxygen atoms in total. The molecule has 1 aliphatic heterocycles. The summed E-state index contributed by atoms with van der Waals surface area (Å²) in [6.45, 7) is 12.0. The van der Waals surface area contributed by atoms with Gasteiger partial charge in [0.15, 0.2) is 0 Å². The zero-order valence-electron chi connectivity index (χ0n) is 11.5. The molecular weight excluding hydrogens is 196 g/mol. The first-order chi connectivity index (χ1) is 7.77. The van der Waals surface area contributed by atoms with Gasteiger partial charge in [0.1, 0.15) is 0 Å². The predicted molar refractivity (Wildman–Crippen MR) is 71.8 cm³/mol. The Balaban J connectivity index is 2.10. The van der Waals surface area contributed by atoms with E-state index in [0.717, 1.165) is 12.0 Å². The fourth-order valence-electron chi connectivity index (χ4n) is 2.60. The second kappa shape index (κ2) is 8.08. The van der Waals surface area contributed by atoms with E-state index in [9.17, 15) is 0 Å². The van der Waals surface area contributed by atoms with E-state index < -0.39 is 0 Å². The summed E-state index contributed by atoms with van der Waals surface area (Å²) in [5.41, 5.74) is 0. The van der Waals surface area contributed by atoms with Crippen LogP contribution in [0.3, 0.4) is 0 Å². The molecule has 1 heterocycles. The number of hydrogen-bond acceptors (Lipinski definition) is 2. The standard InChI is InChI=1S/C14H30N2/c1-4-9-15-10-6-13(3)16-11-7-14(5-2)8-12-16/h13-15H,4-12H2,1-3H3. The van der Waals surface area contributed by atoms with Crippen molar-refractivity contribution in [1.82, 2.24) is 10.2 Å². The van der Waals surface area contributed by atoms with Gasteiger partial charge in [-0.2, -0.15) is 0 Å². The summed E-state index contributed by atoms with van der Waals surface area (Å²) in [6, 6.07) is 0.766. The summed E-state index contributed by atoms with van der Waals surface area (Å²) < 4.78 is 0. The van der Waals surface area contributed by atoms with Crippen LogP contribution in [-0.2, 0) is 0 Å². The Morgan fingerprint density at radius 3 is 2.44 bits per heavy atom. The molecule has 0 saturated carbocycles. The second-order valence-corrected chi connectivity index (χ2v) is 5.28. The van der Waals surface area contributed by atoms with E-state index in [0.29, 0.717) is 0 Å². The molecule has 0 spiro atoms. The summed E-state index contributed by atoms with van der Waals surface area (Å²) in [5, 5.41) is 3.50. The number of rotatable bonds is 7. The van der Waals surface area contributed by atoms with Gasteiger partial charge in [-0.1, -0.05) is 20.3 Å². The van der Waals surface area contributed by atoms with Crippen molar-refractivity contribution in [3.63, 3.8) is 0 Å². The van der Waals surface area contributed by atoms with Crippen LogP contribution >= 0.6 is 0 Å². The summed E-state index contributed by atoms with van der Waals surface area (Å²) in [5.74, 6) is 1.00. The van der Waals surface area contributed by atoms with Crippen LogP contribution in [0.5, 0.6) is 0 Å². The lowest BCUT2D eigenvalue weighted by Crippen LogP contribution is -2.41. The molecule has 1 rings (SSSR count). The first kappa shape index (κ1) is 14.0. The van der Waals surface area contributed by atoms with Crippen LogP contribution in [0.1, 0.15) is 52.9 Å². The normalized spacial score (nSPS) is 21.2. The fourth-order valence-corrected chi connectivity index (χ4v) is 2.60. The minimum absolute atomic E-state index is 0.766. The van der Waals surface area contributed by atoms with Crippen LogP contribution in [0.25, 0.3) is 0 Å². The molecule has 0 aromatic carbocycles. The molecule has 16 heavy (non-hydrogen) atoms. The Kier molecular flexibility index (Phi) is 7.06. The maximum Gasteiger partial charge on any atom is 0.00790 e. The average Bonchev–Trinajstić information content (AvgIpc) is 2.34. The molecule has 1 aliphatic rings. The smallest absolute Gasteiger partial charge is 0.00790 e. The lowest BCUT2D eigenvalue weighted by atomic mass is 9.93. The van der Waals surface area contributed by atoms with Crippen molar-refractivity contribution in [1.29, 1.82) is 0 Å². The molecule has 0 radical (unpaired) electrons. The Hall–Kier alpha value is -0.0800. The van der Waals surface area contributed by atoms with E-state index in [1.54, 1.807) is 0 Å². The van der Waals surface area contributed by atoms with Gasteiger partial charge in [-0.15, -0.1) is 0 Å². The van der Waals surface area contributed by atoms with Gasteiger partial charge in [0.2, 0.25) is 0 Å². The van der Waals surface area contributed by atoms with Crippen LogP contribution in [0.4, 0.5) is 0 Å². The third-order valence-corrected chi connectivity index (χ3v) is 4.02. The third-order valence-electron chi connectivity index (χ3n) is 4.02. The quantitative estimate of drug-likeness (QED) is 0.672. The number of likely N-dealkylation sites (tertiary alicyclic amines) is 1. The van der Waals surface area contributed by atoms with Crippen LogP contribution in [0, 0.1) is 5.92 Å².